The highest BCUT2D eigenvalue weighted by Gasteiger charge is 2.19. The van der Waals surface area contributed by atoms with Gasteiger partial charge in [0.2, 0.25) is 0 Å². The minimum Gasteiger partial charge on any atom is -0.462 e. The van der Waals surface area contributed by atoms with E-state index in [1.165, 1.54) is 122 Å². The molecule has 0 spiro atoms. The molecule has 0 saturated carbocycles. The highest BCUT2D eigenvalue weighted by atomic mass is 16.6. The van der Waals surface area contributed by atoms with Crippen molar-refractivity contribution in [2.45, 2.75) is 290 Å². The Morgan fingerprint density at radius 2 is 0.527 bits per heavy atom. The van der Waals surface area contributed by atoms with Gasteiger partial charge in [0.1, 0.15) is 13.2 Å². The molecule has 422 valence electrons. The molecule has 0 fully saturated rings. The molecule has 0 radical (unpaired) electrons. The summed E-state index contributed by atoms with van der Waals surface area (Å²) in [4.78, 5) is 38.0. The van der Waals surface area contributed by atoms with Crippen LogP contribution in [-0.4, -0.2) is 37.2 Å². The van der Waals surface area contributed by atoms with Crippen LogP contribution in [0.2, 0.25) is 0 Å². The lowest BCUT2D eigenvalue weighted by Gasteiger charge is -2.18. The van der Waals surface area contributed by atoms with Gasteiger partial charge in [-0.15, -0.1) is 0 Å². The second-order valence-corrected chi connectivity index (χ2v) is 20.2. The topological polar surface area (TPSA) is 78.9 Å². The fourth-order valence-electron chi connectivity index (χ4n) is 8.39. The summed E-state index contributed by atoms with van der Waals surface area (Å²) in [7, 11) is 0. The van der Waals surface area contributed by atoms with Gasteiger partial charge in [0, 0.05) is 19.3 Å². The summed E-state index contributed by atoms with van der Waals surface area (Å²) in [6.07, 6.45) is 84.1. The molecule has 74 heavy (non-hydrogen) atoms. The fraction of sp³-hybridized carbons (Fsp3) is 0.691. The number of esters is 3. The molecule has 0 saturated heterocycles. The molecule has 1 unspecified atom stereocenters. The van der Waals surface area contributed by atoms with Crippen molar-refractivity contribution in [2.75, 3.05) is 13.2 Å². The first-order valence-electron chi connectivity index (χ1n) is 30.9. The smallest absolute Gasteiger partial charge is 0.306 e. The van der Waals surface area contributed by atoms with Crippen LogP contribution < -0.4 is 0 Å². The summed E-state index contributed by atoms with van der Waals surface area (Å²) in [5, 5.41) is 0. The van der Waals surface area contributed by atoms with E-state index in [1.807, 2.05) is 0 Å². The van der Waals surface area contributed by atoms with Crippen LogP contribution in [0.5, 0.6) is 0 Å². The predicted molar refractivity (Wildman–Crippen MR) is 320 cm³/mol. The molecule has 6 heteroatoms. The normalized spacial score (nSPS) is 12.9. The number of hydrogen-bond donors (Lipinski definition) is 0. The van der Waals surface area contributed by atoms with Crippen molar-refractivity contribution in [3.05, 3.63) is 109 Å². The Bertz CT molecular complexity index is 1510. The summed E-state index contributed by atoms with van der Waals surface area (Å²) >= 11 is 0. The van der Waals surface area contributed by atoms with E-state index < -0.39 is 6.10 Å². The third-order valence-corrected chi connectivity index (χ3v) is 13.0. The summed E-state index contributed by atoms with van der Waals surface area (Å²) in [5.41, 5.74) is 0. The summed E-state index contributed by atoms with van der Waals surface area (Å²) in [6.45, 7) is 6.45. The maximum Gasteiger partial charge on any atom is 0.306 e. The zero-order valence-corrected chi connectivity index (χ0v) is 48.3. The zero-order chi connectivity index (χ0) is 53.6. The van der Waals surface area contributed by atoms with Crippen molar-refractivity contribution in [1.82, 2.24) is 0 Å². The van der Waals surface area contributed by atoms with Gasteiger partial charge in [-0.2, -0.15) is 0 Å². The molecular weight excluding hydrogens is 913 g/mol. The largest absolute Gasteiger partial charge is 0.462 e. The maximum absolute atomic E-state index is 12.8. The van der Waals surface area contributed by atoms with E-state index in [0.717, 1.165) is 122 Å². The van der Waals surface area contributed by atoms with Crippen molar-refractivity contribution in [3.63, 3.8) is 0 Å². The van der Waals surface area contributed by atoms with Crippen LogP contribution in [-0.2, 0) is 28.6 Å². The van der Waals surface area contributed by atoms with Gasteiger partial charge in [-0.25, -0.2) is 0 Å². The SMILES string of the molecule is CC/C=C\C/C=C\C/C=C\C/C=C\C/C=C\C/C=C\C/C=C\C/C=C\CCCCCCC(=O)OCC(COC(=O)CCCCCCCC)OC(=O)CCCCCCCCCCC/C=C\CCCCCCCCCC. The number of hydrogen-bond acceptors (Lipinski definition) is 6. The molecule has 0 aliphatic rings. The Morgan fingerprint density at radius 3 is 0.838 bits per heavy atom. The fourth-order valence-corrected chi connectivity index (χ4v) is 8.39. The van der Waals surface area contributed by atoms with E-state index in [4.69, 9.17) is 14.2 Å². The Morgan fingerprint density at radius 1 is 0.284 bits per heavy atom. The third-order valence-electron chi connectivity index (χ3n) is 13.0. The molecule has 0 aliphatic heterocycles. The van der Waals surface area contributed by atoms with Crippen LogP contribution in [0.3, 0.4) is 0 Å². The van der Waals surface area contributed by atoms with Crippen molar-refractivity contribution < 1.29 is 28.6 Å². The zero-order valence-electron chi connectivity index (χ0n) is 48.3. The van der Waals surface area contributed by atoms with E-state index in [0.29, 0.717) is 19.3 Å². The molecule has 1 atom stereocenters. The second kappa shape index (κ2) is 61.6. The first-order chi connectivity index (χ1) is 36.5. The van der Waals surface area contributed by atoms with Gasteiger partial charge in [0.15, 0.2) is 6.10 Å². The van der Waals surface area contributed by atoms with E-state index in [1.54, 1.807) is 0 Å². The van der Waals surface area contributed by atoms with Crippen LogP contribution in [0.1, 0.15) is 284 Å². The number of carbonyl (C=O) groups excluding carboxylic acids is 3. The van der Waals surface area contributed by atoms with Crippen molar-refractivity contribution in [3.8, 4) is 0 Å². The van der Waals surface area contributed by atoms with E-state index in [9.17, 15) is 14.4 Å². The van der Waals surface area contributed by atoms with Crippen LogP contribution in [0.15, 0.2) is 109 Å². The lowest BCUT2D eigenvalue weighted by atomic mass is 10.1. The van der Waals surface area contributed by atoms with Crippen molar-refractivity contribution in [1.29, 1.82) is 0 Å². The average molecular weight is 1030 g/mol. The predicted octanol–water partition coefficient (Wildman–Crippen LogP) is 21.0. The summed E-state index contributed by atoms with van der Waals surface area (Å²) in [5.74, 6) is -0.922. The molecule has 0 heterocycles. The Labute approximate surface area is 457 Å². The quantitative estimate of drug-likeness (QED) is 0.0261. The van der Waals surface area contributed by atoms with Crippen LogP contribution >= 0.6 is 0 Å². The number of allylic oxidation sites excluding steroid dienone is 18. The second-order valence-electron chi connectivity index (χ2n) is 20.2. The van der Waals surface area contributed by atoms with Gasteiger partial charge in [-0.3, -0.25) is 14.4 Å². The van der Waals surface area contributed by atoms with Gasteiger partial charge in [0.05, 0.1) is 0 Å². The highest BCUT2D eigenvalue weighted by Crippen LogP contribution is 2.15. The van der Waals surface area contributed by atoms with Crippen LogP contribution in [0, 0.1) is 0 Å². The number of carbonyl (C=O) groups is 3. The number of unbranched alkanes of at least 4 members (excludes halogenated alkanes) is 26. The van der Waals surface area contributed by atoms with Gasteiger partial charge in [-0.1, -0.05) is 265 Å². The van der Waals surface area contributed by atoms with Crippen LogP contribution in [0.4, 0.5) is 0 Å². The van der Waals surface area contributed by atoms with E-state index >= 15 is 0 Å². The summed E-state index contributed by atoms with van der Waals surface area (Å²) < 4.78 is 16.8. The average Bonchev–Trinajstić information content (AvgIpc) is 3.40. The molecule has 0 aromatic carbocycles. The molecule has 0 N–H and O–H groups in total. The first kappa shape index (κ1) is 70.1. The first-order valence-corrected chi connectivity index (χ1v) is 30.9. The van der Waals surface area contributed by atoms with E-state index in [-0.39, 0.29) is 31.1 Å². The molecule has 0 bridgehead atoms. The monoisotopic (exact) mass is 1030 g/mol. The standard InChI is InChI=1S/C68H114O6/c1-4-7-10-13-16-18-20-22-24-26-28-30-31-32-33-34-35-36-37-39-40-42-44-46-48-50-52-55-58-61-67(70)73-64-65(63-72-66(69)60-57-54-15-12-9-6-3)74-68(71)62-59-56-53-51-49-47-45-43-41-38-29-27-25-23-21-19-17-14-11-8-5-2/h7,10,16,18,22,24,27-30,32-33,35-36,39-40,44,46,65H,4-6,8-9,11-15,17,19-21,23,25-26,31,34,37-38,41-43,45,47-64H2,1-3H3/b10-7-,18-16-,24-22-,29-27-,30-28-,33-32-,36-35-,40-39-,46-44-. The minimum atomic E-state index is -0.788. The van der Waals surface area contributed by atoms with Crippen LogP contribution in [0.25, 0.3) is 0 Å². The van der Waals surface area contributed by atoms with E-state index in [2.05, 4.69) is 130 Å². The molecular formula is C68H114O6. The molecule has 6 nitrogen and oxygen atoms in total. The molecule has 0 amide bonds. The lowest BCUT2D eigenvalue weighted by Crippen LogP contribution is -2.30. The van der Waals surface area contributed by atoms with Gasteiger partial charge < -0.3 is 14.2 Å². The van der Waals surface area contributed by atoms with Crippen molar-refractivity contribution >= 4 is 17.9 Å². The Hall–Kier alpha value is -3.93. The van der Waals surface area contributed by atoms with Gasteiger partial charge in [0.25, 0.3) is 0 Å². The Balaban J connectivity index is 4.20. The Kier molecular flexibility index (Phi) is 58.3. The van der Waals surface area contributed by atoms with Gasteiger partial charge in [-0.05, 0) is 109 Å². The maximum atomic E-state index is 12.8. The third kappa shape index (κ3) is 59.0. The van der Waals surface area contributed by atoms with Gasteiger partial charge >= 0.3 is 17.9 Å². The molecule has 0 aliphatic carbocycles. The lowest BCUT2D eigenvalue weighted by molar-refractivity contribution is -0.167. The molecule has 0 rings (SSSR count). The number of ether oxygens (including phenoxy) is 3. The van der Waals surface area contributed by atoms with Crippen molar-refractivity contribution in [2.24, 2.45) is 0 Å². The molecule has 0 aromatic heterocycles. The minimum absolute atomic E-state index is 0.0872. The number of rotatable bonds is 55. The highest BCUT2D eigenvalue weighted by molar-refractivity contribution is 5.71. The summed E-state index contributed by atoms with van der Waals surface area (Å²) in [6, 6.07) is 0. The molecule has 0 aromatic rings.